The number of halogens is 1. The molecule has 0 spiro atoms. The summed E-state index contributed by atoms with van der Waals surface area (Å²) in [5.74, 6) is 0. The van der Waals surface area contributed by atoms with E-state index >= 15 is 0 Å². The minimum absolute atomic E-state index is 0.0721. The molecule has 2 aromatic rings. The normalized spacial score (nSPS) is 12.3. The molecular weight excluding hydrogens is 360 g/mol. The standard InChI is InChI=1S/C14H15ClN2O4S2/c1-8-3-4-11(23(17,20)21)7-13(8)22(18,19)14-6-10(16)5-12(15)9(14)2/h3-7H,16H2,1-2H3,(H2,17,20,21). The summed E-state index contributed by atoms with van der Waals surface area (Å²) in [6.45, 7) is 3.11. The van der Waals surface area contributed by atoms with Crippen molar-refractivity contribution in [2.45, 2.75) is 28.5 Å². The highest BCUT2D eigenvalue weighted by Crippen LogP contribution is 2.32. The Labute approximate surface area is 140 Å². The summed E-state index contributed by atoms with van der Waals surface area (Å²) >= 11 is 6.00. The average Bonchev–Trinajstić information content (AvgIpc) is 2.41. The summed E-state index contributed by atoms with van der Waals surface area (Å²) in [5.41, 5.74) is 6.59. The molecule has 0 aliphatic carbocycles. The predicted octanol–water partition coefficient (Wildman–Crippen LogP) is 2.02. The maximum atomic E-state index is 12.9. The Bertz CT molecular complexity index is 1000. The van der Waals surface area contributed by atoms with Crippen LogP contribution < -0.4 is 10.9 Å². The molecule has 0 amide bonds. The lowest BCUT2D eigenvalue weighted by Gasteiger charge is -2.13. The van der Waals surface area contributed by atoms with Crippen LogP contribution in [0.1, 0.15) is 11.1 Å². The van der Waals surface area contributed by atoms with E-state index in [1.165, 1.54) is 24.3 Å². The third-order valence-electron chi connectivity index (χ3n) is 3.39. The fourth-order valence-electron chi connectivity index (χ4n) is 2.12. The number of benzene rings is 2. The van der Waals surface area contributed by atoms with Crippen LogP contribution in [0.25, 0.3) is 0 Å². The van der Waals surface area contributed by atoms with E-state index < -0.39 is 19.9 Å². The second kappa shape index (κ2) is 5.79. The highest BCUT2D eigenvalue weighted by atomic mass is 35.5. The zero-order chi connectivity index (χ0) is 17.6. The van der Waals surface area contributed by atoms with Crippen molar-refractivity contribution in [1.82, 2.24) is 0 Å². The number of hydrogen-bond donors (Lipinski definition) is 2. The lowest BCUT2D eigenvalue weighted by atomic mass is 10.2. The molecule has 0 saturated heterocycles. The largest absolute Gasteiger partial charge is 0.399 e. The molecule has 0 bridgehead atoms. The Kier molecular flexibility index (Phi) is 4.46. The van der Waals surface area contributed by atoms with Gasteiger partial charge in [0.1, 0.15) is 0 Å². The van der Waals surface area contributed by atoms with Crippen LogP contribution in [-0.2, 0) is 19.9 Å². The van der Waals surface area contributed by atoms with Crippen LogP contribution in [0.15, 0.2) is 45.0 Å². The quantitative estimate of drug-likeness (QED) is 0.796. The minimum Gasteiger partial charge on any atom is -0.399 e. The first-order valence-electron chi connectivity index (χ1n) is 6.39. The van der Waals surface area contributed by atoms with Crippen LogP contribution in [0.2, 0.25) is 5.02 Å². The van der Waals surface area contributed by atoms with Crippen molar-refractivity contribution in [2.75, 3.05) is 5.73 Å². The molecule has 0 fully saturated rings. The van der Waals surface area contributed by atoms with Crippen molar-refractivity contribution in [3.05, 3.63) is 46.5 Å². The topological polar surface area (TPSA) is 120 Å². The lowest BCUT2D eigenvalue weighted by Crippen LogP contribution is -2.14. The van der Waals surface area contributed by atoms with E-state index in [9.17, 15) is 16.8 Å². The third-order valence-corrected chi connectivity index (χ3v) is 6.71. The van der Waals surface area contributed by atoms with Gasteiger partial charge in [0.05, 0.1) is 14.7 Å². The number of hydrogen-bond acceptors (Lipinski definition) is 5. The second-order valence-electron chi connectivity index (χ2n) is 5.10. The van der Waals surface area contributed by atoms with Crippen molar-refractivity contribution in [3.63, 3.8) is 0 Å². The molecule has 0 heterocycles. The van der Waals surface area contributed by atoms with Gasteiger partial charge in [-0.3, -0.25) is 0 Å². The summed E-state index contributed by atoms with van der Waals surface area (Å²) < 4.78 is 48.8. The number of sulfonamides is 1. The van der Waals surface area contributed by atoms with Crippen molar-refractivity contribution in [1.29, 1.82) is 0 Å². The highest BCUT2D eigenvalue weighted by Gasteiger charge is 2.25. The summed E-state index contributed by atoms with van der Waals surface area (Å²) in [4.78, 5) is -0.514. The molecule has 2 rings (SSSR count). The number of nitrogen functional groups attached to an aromatic ring is 1. The van der Waals surface area contributed by atoms with Gasteiger partial charge >= 0.3 is 0 Å². The van der Waals surface area contributed by atoms with Gasteiger partial charge in [-0.15, -0.1) is 0 Å². The molecule has 6 nitrogen and oxygen atoms in total. The van der Waals surface area contributed by atoms with Gasteiger partial charge in [-0.05, 0) is 49.2 Å². The van der Waals surface area contributed by atoms with Crippen LogP contribution in [0.4, 0.5) is 5.69 Å². The molecule has 4 N–H and O–H groups in total. The summed E-state index contributed by atoms with van der Waals surface area (Å²) in [5, 5.41) is 5.28. The highest BCUT2D eigenvalue weighted by molar-refractivity contribution is 7.91. The van der Waals surface area contributed by atoms with E-state index in [4.69, 9.17) is 22.5 Å². The van der Waals surface area contributed by atoms with Crippen molar-refractivity contribution in [2.24, 2.45) is 5.14 Å². The van der Waals surface area contributed by atoms with Gasteiger partial charge in [-0.1, -0.05) is 17.7 Å². The van der Waals surface area contributed by atoms with Gasteiger partial charge in [-0.2, -0.15) is 0 Å². The van der Waals surface area contributed by atoms with Gasteiger partial charge in [0.15, 0.2) is 0 Å². The molecule has 0 aliphatic rings. The monoisotopic (exact) mass is 374 g/mol. The molecule has 0 aliphatic heterocycles. The Morgan fingerprint density at radius 1 is 0.957 bits per heavy atom. The number of sulfone groups is 1. The molecule has 9 heteroatoms. The molecule has 0 unspecified atom stereocenters. The second-order valence-corrected chi connectivity index (χ2v) is 8.96. The van der Waals surface area contributed by atoms with Crippen LogP contribution in [0.3, 0.4) is 0 Å². The van der Waals surface area contributed by atoms with Crippen LogP contribution >= 0.6 is 11.6 Å². The number of anilines is 1. The van der Waals surface area contributed by atoms with Gasteiger partial charge < -0.3 is 5.73 Å². The van der Waals surface area contributed by atoms with E-state index in [1.54, 1.807) is 13.8 Å². The molecule has 124 valence electrons. The first-order valence-corrected chi connectivity index (χ1v) is 9.79. The Morgan fingerprint density at radius 2 is 1.57 bits per heavy atom. The lowest BCUT2D eigenvalue weighted by molar-refractivity contribution is 0.594. The maximum absolute atomic E-state index is 12.9. The number of nitrogens with two attached hydrogens (primary N) is 2. The molecule has 23 heavy (non-hydrogen) atoms. The molecule has 0 atom stereocenters. The van der Waals surface area contributed by atoms with E-state index in [-0.39, 0.29) is 25.4 Å². The molecular formula is C14H15ClN2O4S2. The Hall–Kier alpha value is -1.61. The fraction of sp³-hybridized carbons (Fsp3) is 0.143. The smallest absolute Gasteiger partial charge is 0.238 e. The Morgan fingerprint density at radius 3 is 2.13 bits per heavy atom. The van der Waals surface area contributed by atoms with Gasteiger partial charge in [0.2, 0.25) is 19.9 Å². The van der Waals surface area contributed by atoms with Crippen molar-refractivity contribution < 1.29 is 16.8 Å². The van der Waals surface area contributed by atoms with Crippen LogP contribution in [-0.4, -0.2) is 16.8 Å². The number of rotatable bonds is 3. The Balaban J connectivity index is 2.80. The third kappa shape index (κ3) is 3.35. The van der Waals surface area contributed by atoms with Gasteiger partial charge in [0.25, 0.3) is 0 Å². The zero-order valence-corrected chi connectivity index (χ0v) is 14.8. The predicted molar refractivity (Wildman–Crippen MR) is 88.6 cm³/mol. The van der Waals surface area contributed by atoms with Crippen molar-refractivity contribution in [3.8, 4) is 0 Å². The van der Waals surface area contributed by atoms with E-state index in [0.29, 0.717) is 11.1 Å². The molecule has 0 aromatic heterocycles. The zero-order valence-electron chi connectivity index (χ0n) is 12.4. The maximum Gasteiger partial charge on any atom is 0.238 e. The first kappa shape index (κ1) is 17.7. The van der Waals surface area contributed by atoms with E-state index in [2.05, 4.69) is 0 Å². The number of primary sulfonamides is 1. The SMILES string of the molecule is Cc1ccc(S(N)(=O)=O)cc1S(=O)(=O)c1cc(N)cc(Cl)c1C. The van der Waals surface area contributed by atoms with E-state index in [0.717, 1.165) is 6.07 Å². The molecule has 0 radical (unpaired) electrons. The van der Waals surface area contributed by atoms with Gasteiger partial charge in [-0.25, -0.2) is 22.0 Å². The molecule has 0 saturated carbocycles. The minimum atomic E-state index is -4.03. The van der Waals surface area contributed by atoms with Crippen LogP contribution in [0.5, 0.6) is 0 Å². The average molecular weight is 375 g/mol. The number of aryl methyl sites for hydroxylation is 1. The molecule has 2 aromatic carbocycles. The van der Waals surface area contributed by atoms with E-state index in [1.807, 2.05) is 0 Å². The van der Waals surface area contributed by atoms with Crippen LogP contribution in [0, 0.1) is 13.8 Å². The summed E-state index contributed by atoms with van der Waals surface area (Å²) in [7, 11) is -8.04. The fourth-order valence-corrected chi connectivity index (χ4v) is 4.83. The summed E-state index contributed by atoms with van der Waals surface area (Å²) in [6, 6.07) is 6.42. The first-order chi connectivity index (χ1) is 10.4. The summed E-state index contributed by atoms with van der Waals surface area (Å²) in [6.07, 6.45) is 0. The van der Waals surface area contributed by atoms with Gasteiger partial charge in [0, 0.05) is 10.7 Å². The van der Waals surface area contributed by atoms with Crippen molar-refractivity contribution >= 4 is 37.1 Å².